The first-order valence-electron chi connectivity index (χ1n) is 21.0. The molecular weight excluding hydrogens is 737 g/mol. The fraction of sp³-hybridized carbons (Fsp3) is 0.0508. The van der Waals surface area contributed by atoms with Gasteiger partial charge in [0.2, 0.25) is 0 Å². The Hall–Kier alpha value is -7.86. The minimum atomic E-state index is -0.201. The SMILES string of the molecule is CC1(C)c2cc(C#Cc3ccc(N(c4ccccc4)c4ccccc4)cc3)ccc2-c2cc3c(cc21)c1ccccc1n3-c1cc(-c2ccccc2)cc(-c2ccccc2)c1. The Bertz CT molecular complexity index is 3200. The Balaban J connectivity index is 0.986. The first-order valence-corrected chi connectivity index (χ1v) is 21.0. The summed E-state index contributed by atoms with van der Waals surface area (Å²) in [4.78, 5) is 2.27. The van der Waals surface area contributed by atoms with Gasteiger partial charge in [0.1, 0.15) is 0 Å². The molecule has 288 valence electrons. The van der Waals surface area contributed by atoms with Crippen LogP contribution in [0.4, 0.5) is 17.1 Å². The summed E-state index contributed by atoms with van der Waals surface area (Å²) in [6, 6.07) is 78.6. The van der Waals surface area contributed by atoms with Gasteiger partial charge in [-0.3, -0.25) is 0 Å². The molecule has 2 nitrogen and oxygen atoms in total. The van der Waals surface area contributed by atoms with Crippen molar-refractivity contribution in [1.29, 1.82) is 0 Å². The summed E-state index contributed by atoms with van der Waals surface area (Å²) in [6.45, 7) is 4.72. The van der Waals surface area contributed by atoms with E-state index in [9.17, 15) is 0 Å². The van der Waals surface area contributed by atoms with E-state index in [4.69, 9.17) is 0 Å². The van der Waals surface area contributed by atoms with Crippen molar-refractivity contribution in [2.75, 3.05) is 4.90 Å². The van der Waals surface area contributed by atoms with Crippen LogP contribution in [-0.2, 0) is 5.41 Å². The Morgan fingerprint density at radius 3 is 1.51 bits per heavy atom. The average Bonchev–Trinajstić information content (AvgIpc) is 3.76. The van der Waals surface area contributed by atoms with Crippen molar-refractivity contribution in [3.05, 3.63) is 241 Å². The highest BCUT2D eigenvalue weighted by atomic mass is 15.1. The molecule has 0 atom stereocenters. The van der Waals surface area contributed by atoms with Crippen molar-refractivity contribution in [2.24, 2.45) is 0 Å². The summed E-state index contributed by atoms with van der Waals surface area (Å²) in [5.41, 5.74) is 18.7. The van der Waals surface area contributed by atoms with Crippen molar-refractivity contribution < 1.29 is 0 Å². The summed E-state index contributed by atoms with van der Waals surface area (Å²) in [5.74, 6) is 6.99. The molecule has 0 amide bonds. The Labute approximate surface area is 357 Å². The van der Waals surface area contributed by atoms with Crippen molar-refractivity contribution in [3.8, 4) is 50.9 Å². The minimum absolute atomic E-state index is 0.201. The lowest BCUT2D eigenvalue weighted by molar-refractivity contribution is 0.661. The van der Waals surface area contributed by atoms with Crippen LogP contribution in [0.2, 0.25) is 0 Å². The van der Waals surface area contributed by atoms with Gasteiger partial charge in [-0.25, -0.2) is 0 Å². The zero-order valence-electron chi connectivity index (χ0n) is 34.2. The molecule has 61 heavy (non-hydrogen) atoms. The molecule has 1 aromatic heterocycles. The maximum Gasteiger partial charge on any atom is 0.0547 e. The number of rotatable bonds is 6. The molecule has 9 aromatic carbocycles. The number of para-hydroxylation sites is 3. The molecule has 1 aliphatic rings. The quantitative estimate of drug-likeness (QED) is 0.153. The Kier molecular flexibility index (Phi) is 8.76. The van der Waals surface area contributed by atoms with Crippen molar-refractivity contribution in [3.63, 3.8) is 0 Å². The van der Waals surface area contributed by atoms with E-state index in [1.165, 1.54) is 66.3 Å². The first kappa shape index (κ1) is 36.2. The number of fused-ring (bicyclic) bond motifs is 6. The van der Waals surface area contributed by atoms with Crippen LogP contribution in [-0.4, -0.2) is 4.57 Å². The lowest BCUT2D eigenvalue weighted by Crippen LogP contribution is -2.15. The van der Waals surface area contributed by atoms with Crippen LogP contribution in [0.25, 0.3) is 60.9 Å². The van der Waals surface area contributed by atoms with E-state index in [1.807, 2.05) is 0 Å². The highest BCUT2D eigenvalue weighted by molar-refractivity contribution is 6.11. The zero-order valence-corrected chi connectivity index (χ0v) is 34.2. The molecule has 0 spiro atoms. The summed E-state index contributed by atoms with van der Waals surface area (Å²) < 4.78 is 2.47. The van der Waals surface area contributed by atoms with Crippen LogP contribution in [0.1, 0.15) is 36.1 Å². The van der Waals surface area contributed by atoms with Gasteiger partial charge in [0.05, 0.1) is 11.0 Å². The monoisotopic (exact) mass is 778 g/mol. The van der Waals surface area contributed by atoms with Gasteiger partial charge in [0.25, 0.3) is 0 Å². The van der Waals surface area contributed by atoms with Gasteiger partial charge in [0.15, 0.2) is 0 Å². The molecule has 10 aromatic rings. The number of nitrogens with zero attached hydrogens (tertiary/aromatic N) is 2. The van der Waals surface area contributed by atoms with Crippen LogP contribution < -0.4 is 4.90 Å². The molecule has 0 radical (unpaired) electrons. The normalized spacial score (nSPS) is 12.4. The largest absolute Gasteiger partial charge is 0.311 e. The Morgan fingerprint density at radius 1 is 0.377 bits per heavy atom. The van der Waals surface area contributed by atoms with Crippen LogP contribution in [0.5, 0.6) is 0 Å². The van der Waals surface area contributed by atoms with Crippen molar-refractivity contribution >= 4 is 38.9 Å². The predicted octanol–water partition coefficient (Wildman–Crippen LogP) is 15.3. The van der Waals surface area contributed by atoms with Gasteiger partial charge >= 0.3 is 0 Å². The topological polar surface area (TPSA) is 8.17 Å². The van der Waals surface area contributed by atoms with Crippen LogP contribution >= 0.6 is 0 Å². The molecule has 2 heteroatoms. The molecular formula is C59H42N2. The van der Waals surface area contributed by atoms with E-state index >= 15 is 0 Å². The third-order valence-corrected chi connectivity index (χ3v) is 12.4. The summed E-state index contributed by atoms with van der Waals surface area (Å²) >= 11 is 0. The smallest absolute Gasteiger partial charge is 0.0547 e. The summed E-state index contributed by atoms with van der Waals surface area (Å²) in [7, 11) is 0. The molecule has 0 saturated heterocycles. The minimum Gasteiger partial charge on any atom is -0.311 e. The number of aromatic nitrogens is 1. The zero-order chi connectivity index (χ0) is 40.9. The maximum absolute atomic E-state index is 3.52. The van der Waals surface area contributed by atoms with Gasteiger partial charge in [0, 0.05) is 50.1 Å². The van der Waals surface area contributed by atoms with E-state index in [2.05, 4.69) is 254 Å². The standard InChI is InChI=1S/C59H42N2/c1-59(2)55-35-42(28-27-41-29-32-49(33-30-41)60(47-21-11-5-12-22-47)48-23-13-6-14-24-48)31-34-51(55)53-40-58-54(39-56(53)59)52-25-15-16-26-57(52)61(58)50-37-45(43-17-7-3-8-18-43)36-46(38-50)44-19-9-4-10-20-44/h3-26,29-40H,1-2H3. The van der Waals surface area contributed by atoms with Gasteiger partial charge in [-0.15, -0.1) is 0 Å². The summed E-state index contributed by atoms with van der Waals surface area (Å²) in [6.07, 6.45) is 0. The lowest BCUT2D eigenvalue weighted by atomic mass is 9.81. The van der Waals surface area contributed by atoms with E-state index in [-0.39, 0.29) is 5.41 Å². The van der Waals surface area contributed by atoms with E-state index in [0.29, 0.717) is 0 Å². The molecule has 1 aliphatic carbocycles. The van der Waals surface area contributed by atoms with E-state index < -0.39 is 0 Å². The number of benzene rings is 9. The average molecular weight is 779 g/mol. The van der Waals surface area contributed by atoms with Crippen molar-refractivity contribution in [1.82, 2.24) is 4.57 Å². The predicted molar refractivity (Wildman–Crippen MR) is 256 cm³/mol. The molecule has 0 bridgehead atoms. The molecule has 11 rings (SSSR count). The third kappa shape index (κ3) is 6.40. The number of anilines is 3. The first-order chi connectivity index (χ1) is 30.0. The second-order valence-electron chi connectivity index (χ2n) is 16.5. The van der Waals surface area contributed by atoms with E-state index in [0.717, 1.165) is 33.9 Å². The number of hydrogen-bond acceptors (Lipinski definition) is 1. The number of hydrogen-bond donors (Lipinski definition) is 0. The second kappa shape index (κ2) is 14.8. The molecule has 0 unspecified atom stereocenters. The fourth-order valence-corrected chi connectivity index (χ4v) is 9.33. The van der Waals surface area contributed by atoms with Crippen LogP contribution in [0.3, 0.4) is 0 Å². The highest BCUT2D eigenvalue weighted by Gasteiger charge is 2.36. The molecule has 0 aliphatic heterocycles. The van der Waals surface area contributed by atoms with Gasteiger partial charge in [-0.1, -0.05) is 147 Å². The third-order valence-electron chi connectivity index (χ3n) is 12.4. The molecule has 0 fully saturated rings. The maximum atomic E-state index is 3.52. The Morgan fingerprint density at radius 2 is 0.885 bits per heavy atom. The van der Waals surface area contributed by atoms with Gasteiger partial charge in [-0.2, -0.15) is 0 Å². The molecule has 1 heterocycles. The lowest BCUT2D eigenvalue weighted by Gasteiger charge is -2.25. The second-order valence-corrected chi connectivity index (χ2v) is 16.5. The van der Waals surface area contributed by atoms with Crippen LogP contribution in [0, 0.1) is 11.8 Å². The van der Waals surface area contributed by atoms with Crippen molar-refractivity contribution in [2.45, 2.75) is 19.3 Å². The molecule has 0 saturated carbocycles. The van der Waals surface area contributed by atoms with Gasteiger partial charge in [-0.05, 0) is 142 Å². The fourth-order valence-electron chi connectivity index (χ4n) is 9.33. The highest BCUT2D eigenvalue weighted by Crippen LogP contribution is 2.51. The summed E-state index contributed by atoms with van der Waals surface area (Å²) in [5, 5.41) is 2.52. The van der Waals surface area contributed by atoms with Gasteiger partial charge < -0.3 is 9.47 Å². The molecule has 0 N–H and O–H groups in total. The van der Waals surface area contributed by atoms with Crippen LogP contribution in [0.15, 0.2) is 218 Å². The van der Waals surface area contributed by atoms with E-state index in [1.54, 1.807) is 0 Å².